The number of carbonyl (C=O) groups excluding carboxylic acids is 4. The van der Waals surface area contributed by atoms with Gasteiger partial charge in [0, 0.05) is 12.8 Å². The monoisotopic (exact) mass is 848 g/mol. The Balaban J connectivity index is 1.37. The van der Waals surface area contributed by atoms with Crippen LogP contribution in [0.15, 0.2) is 36.4 Å². The fourth-order valence-electron chi connectivity index (χ4n) is 8.45. The number of ketones is 1. The van der Waals surface area contributed by atoms with Crippen LogP contribution in [0.2, 0.25) is 0 Å². The molecule has 17 heteroatoms. The summed E-state index contributed by atoms with van der Waals surface area (Å²) in [7, 11) is -4.04. The van der Waals surface area contributed by atoms with Crippen LogP contribution in [0.1, 0.15) is 106 Å². The molecule has 2 aliphatic heterocycles. The zero-order valence-corrected chi connectivity index (χ0v) is 35.3. The highest BCUT2D eigenvalue weighted by Gasteiger charge is 2.63. The number of fused-ring (bicyclic) bond motifs is 3. The summed E-state index contributed by atoms with van der Waals surface area (Å²) in [6.45, 7) is 8.88. The van der Waals surface area contributed by atoms with E-state index in [-0.39, 0.29) is 43.5 Å². The number of hydrogen-bond donors (Lipinski definition) is 1. The number of esters is 1. The van der Waals surface area contributed by atoms with Gasteiger partial charge in [-0.15, -0.1) is 10.2 Å². The molecule has 0 spiro atoms. The first-order valence-electron chi connectivity index (χ1n) is 20.5. The number of nitrogens with zero attached hydrogens (tertiary/aromatic N) is 3. The molecule has 0 bridgehead atoms. The van der Waals surface area contributed by atoms with E-state index in [9.17, 15) is 40.8 Å². The van der Waals surface area contributed by atoms with Crippen molar-refractivity contribution in [2.24, 2.45) is 29.1 Å². The number of nitrogens with one attached hydrogen (secondary N) is 1. The Morgan fingerprint density at radius 1 is 1.03 bits per heavy atom. The van der Waals surface area contributed by atoms with Gasteiger partial charge >= 0.3 is 12.1 Å². The smallest absolute Gasteiger partial charge is 0.427 e. The number of allylic oxidation sites excluding steroid dienone is 2. The van der Waals surface area contributed by atoms with Gasteiger partial charge in [0.15, 0.2) is 5.78 Å². The summed E-state index contributed by atoms with van der Waals surface area (Å²) in [6, 6.07) is 5.95. The Kier molecular flexibility index (Phi) is 12.5. The maximum Gasteiger partial charge on any atom is 0.427 e. The van der Waals surface area contributed by atoms with Gasteiger partial charge < -0.3 is 19.1 Å². The van der Waals surface area contributed by atoms with Gasteiger partial charge in [-0.1, -0.05) is 44.6 Å². The van der Waals surface area contributed by atoms with Crippen molar-refractivity contribution in [3.05, 3.63) is 36.4 Å². The molecule has 4 aliphatic rings. The van der Waals surface area contributed by atoms with Crippen LogP contribution in [0.3, 0.4) is 0 Å². The molecule has 59 heavy (non-hydrogen) atoms. The van der Waals surface area contributed by atoms with Crippen LogP contribution in [0.4, 0.5) is 13.2 Å². The molecule has 0 radical (unpaired) electrons. The van der Waals surface area contributed by atoms with Crippen LogP contribution in [-0.2, 0) is 33.9 Å². The molecular weight excluding hydrogens is 794 g/mol. The molecule has 1 aromatic carbocycles. The van der Waals surface area contributed by atoms with Crippen molar-refractivity contribution in [3.63, 3.8) is 0 Å². The van der Waals surface area contributed by atoms with Crippen molar-refractivity contribution in [1.29, 1.82) is 0 Å². The van der Waals surface area contributed by atoms with Crippen LogP contribution >= 0.6 is 0 Å². The number of ether oxygens (including phenoxy) is 3. The second-order valence-electron chi connectivity index (χ2n) is 17.6. The SMILES string of the molecule is CCOc1nnc(O[C@@H]2C[C@H]3C(=O)C[C@]4(C(=O)NS(=O)(=O)C5(C)CC5)C[C@H]4/C=C\CC[C@@H](C)C[C@@H](CC)[C@H](CC(=O)OC(C)(C)C(F)(F)F)C(=O)N3C2)c2ccccc12. The maximum atomic E-state index is 15.0. The van der Waals surface area contributed by atoms with Gasteiger partial charge in [0.1, 0.15) is 6.10 Å². The lowest BCUT2D eigenvalue weighted by atomic mass is 9.79. The fourth-order valence-corrected chi connectivity index (χ4v) is 9.78. The Labute approximate surface area is 343 Å². The highest BCUT2D eigenvalue weighted by atomic mass is 32.2. The molecule has 2 aromatic rings. The van der Waals surface area contributed by atoms with Gasteiger partial charge in [0.2, 0.25) is 39.2 Å². The number of benzene rings is 1. The molecule has 2 aliphatic carbocycles. The van der Waals surface area contributed by atoms with Crippen molar-refractivity contribution >= 4 is 44.4 Å². The van der Waals surface area contributed by atoms with E-state index in [1.54, 1.807) is 31.2 Å². The maximum absolute atomic E-state index is 15.0. The third kappa shape index (κ3) is 9.24. The van der Waals surface area contributed by atoms with E-state index in [2.05, 4.69) is 14.9 Å². The molecule has 3 fully saturated rings. The van der Waals surface area contributed by atoms with E-state index in [0.717, 1.165) is 13.8 Å². The third-order valence-electron chi connectivity index (χ3n) is 12.8. The van der Waals surface area contributed by atoms with E-state index in [1.807, 2.05) is 32.9 Å². The predicted octanol–water partition coefficient (Wildman–Crippen LogP) is 6.63. The molecule has 7 atom stereocenters. The zero-order chi connectivity index (χ0) is 43.1. The van der Waals surface area contributed by atoms with Crippen molar-refractivity contribution in [1.82, 2.24) is 19.8 Å². The number of sulfonamides is 1. The van der Waals surface area contributed by atoms with E-state index < -0.39 is 91.8 Å². The lowest BCUT2D eigenvalue weighted by molar-refractivity contribution is -0.257. The molecule has 2 saturated carbocycles. The average molecular weight is 849 g/mol. The minimum absolute atomic E-state index is 0.0166. The third-order valence-corrected chi connectivity index (χ3v) is 14.9. The highest BCUT2D eigenvalue weighted by Crippen LogP contribution is 2.58. The Morgan fingerprint density at radius 2 is 1.69 bits per heavy atom. The van der Waals surface area contributed by atoms with E-state index in [0.29, 0.717) is 55.9 Å². The number of rotatable bonds is 11. The number of carbonyl (C=O) groups is 4. The number of aromatic nitrogens is 2. The lowest BCUT2D eigenvalue weighted by Crippen LogP contribution is -2.49. The molecule has 2 amide bonds. The molecular formula is C42H55F3N4O9S. The van der Waals surface area contributed by atoms with E-state index in [4.69, 9.17) is 14.2 Å². The van der Waals surface area contributed by atoms with E-state index >= 15 is 0 Å². The molecule has 13 nitrogen and oxygen atoms in total. The summed E-state index contributed by atoms with van der Waals surface area (Å²) in [5.74, 6) is -4.74. The first-order chi connectivity index (χ1) is 27.6. The molecule has 1 N–H and O–H groups in total. The minimum Gasteiger partial charge on any atom is -0.476 e. The van der Waals surface area contributed by atoms with Gasteiger partial charge in [-0.3, -0.25) is 23.9 Å². The number of amides is 2. The van der Waals surface area contributed by atoms with Crippen molar-refractivity contribution in [3.8, 4) is 11.8 Å². The van der Waals surface area contributed by atoms with Crippen molar-refractivity contribution < 1.29 is 55.0 Å². The molecule has 0 unspecified atom stereocenters. The molecule has 3 heterocycles. The van der Waals surface area contributed by atoms with Crippen LogP contribution in [0, 0.1) is 29.1 Å². The highest BCUT2D eigenvalue weighted by molar-refractivity contribution is 7.91. The first kappa shape index (κ1) is 44.3. The molecule has 324 valence electrons. The summed E-state index contributed by atoms with van der Waals surface area (Å²) in [5.41, 5.74) is -4.21. The van der Waals surface area contributed by atoms with Gasteiger partial charge in [-0.05, 0) is 96.1 Å². The normalized spacial score (nSPS) is 29.3. The van der Waals surface area contributed by atoms with Crippen molar-refractivity contribution in [2.75, 3.05) is 13.2 Å². The Morgan fingerprint density at radius 3 is 2.32 bits per heavy atom. The largest absolute Gasteiger partial charge is 0.476 e. The number of alkyl halides is 3. The summed E-state index contributed by atoms with van der Waals surface area (Å²) >= 11 is 0. The quantitative estimate of drug-likeness (QED) is 0.190. The van der Waals surface area contributed by atoms with Gasteiger partial charge in [-0.2, -0.15) is 13.2 Å². The topological polar surface area (TPSA) is 171 Å². The van der Waals surface area contributed by atoms with Gasteiger partial charge in [-0.25, -0.2) is 8.42 Å². The summed E-state index contributed by atoms with van der Waals surface area (Å²) < 4.78 is 86.2. The minimum atomic E-state index is -4.87. The lowest BCUT2D eigenvalue weighted by Gasteiger charge is -2.34. The average Bonchev–Trinajstić information content (AvgIpc) is 4.04. The zero-order valence-electron chi connectivity index (χ0n) is 34.5. The summed E-state index contributed by atoms with van der Waals surface area (Å²) in [5, 5.41) is 9.65. The van der Waals surface area contributed by atoms with Crippen LogP contribution in [-0.4, -0.2) is 88.9 Å². The van der Waals surface area contributed by atoms with Gasteiger partial charge in [0.05, 0.1) is 52.5 Å². The number of halogens is 3. The van der Waals surface area contributed by atoms with Crippen molar-refractivity contribution in [2.45, 2.75) is 134 Å². The number of Topliss-reactive ketones (excluding diaryl/α,β-unsaturated/α-hetero) is 1. The number of hydrogen-bond acceptors (Lipinski definition) is 11. The first-order valence-corrected chi connectivity index (χ1v) is 22.0. The van der Waals surface area contributed by atoms with Gasteiger partial charge in [0.25, 0.3) is 0 Å². The second kappa shape index (κ2) is 16.6. The molecule has 6 rings (SSSR count). The predicted molar refractivity (Wildman–Crippen MR) is 210 cm³/mol. The summed E-state index contributed by atoms with van der Waals surface area (Å²) in [6.07, 6.45) is 0.132. The summed E-state index contributed by atoms with van der Waals surface area (Å²) in [4.78, 5) is 58.4. The fraction of sp³-hybridized carbons (Fsp3) is 0.667. The van der Waals surface area contributed by atoms with Crippen LogP contribution in [0.25, 0.3) is 10.8 Å². The second-order valence-corrected chi connectivity index (χ2v) is 19.8. The molecule has 1 saturated heterocycles. The van der Waals surface area contributed by atoms with E-state index in [1.165, 1.54) is 4.90 Å². The van der Waals surface area contributed by atoms with Crippen LogP contribution < -0.4 is 14.2 Å². The standard InChI is InChI=1S/C42H55F3N4O9S/c1-7-26-19-25(3)13-9-10-14-27-22-41(27,38(53)48-59(54,55)40(6)17-18-40)23-33(50)32-20-28(57-36-30-16-12-11-15-29(30)35(46-47-36)56-8-2)24-49(32)37(52)31(26)21-34(51)58-39(4,5)42(43,44)45/h10-12,14-16,25-28,31-32H,7-9,13,17-24H2,1-6H3,(H,48,53)/b14-10-/t25-,26-,27-,28-,31+,32+,41-/m1/s1. The Bertz CT molecular complexity index is 2090. The molecule has 1 aromatic heterocycles. The van der Waals surface area contributed by atoms with Crippen LogP contribution in [0.5, 0.6) is 11.8 Å². The Hall–Kier alpha value is -4.28.